The molecule has 0 radical (unpaired) electrons. The molecule has 0 fully saturated rings. The van der Waals surface area contributed by atoms with E-state index >= 15 is 0 Å². The van der Waals surface area contributed by atoms with Gasteiger partial charge in [-0.2, -0.15) is 4.31 Å². The normalized spacial score (nSPS) is 11.7. The van der Waals surface area contributed by atoms with Gasteiger partial charge in [0.1, 0.15) is 0 Å². The Morgan fingerprint density at radius 2 is 1.83 bits per heavy atom. The molecule has 0 bridgehead atoms. The van der Waals surface area contributed by atoms with E-state index in [1.165, 1.54) is 44.5 Å². The van der Waals surface area contributed by atoms with Crippen molar-refractivity contribution in [3.05, 3.63) is 57.8 Å². The van der Waals surface area contributed by atoms with Crippen LogP contribution in [0.15, 0.2) is 41.3 Å². The maximum Gasteiger partial charge on any atom is 0.243 e. The summed E-state index contributed by atoms with van der Waals surface area (Å²) in [7, 11) is -1.01. The summed E-state index contributed by atoms with van der Waals surface area (Å²) in [5.74, 6) is -0.450. The molecule has 8 heteroatoms. The van der Waals surface area contributed by atoms with Gasteiger partial charge in [0.25, 0.3) is 0 Å². The molecule has 0 aliphatic rings. The van der Waals surface area contributed by atoms with Crippen molar-refractivity contribution in [3.8, 4) is 5.75 Å². The Bertz CT molecular complexity index is 827. The molecule has 4 nitrogen and oxygen atoms in total. The van der Waals surface area contributed by atoms with Gasteiger partial charge in [-0.05, 0) is 35.9 Å². The van der Waals surface area contributed by atoms with Gasteiger partial charge in [-0.15, -0.1) is 0 Å². The van der Waals surface area contributed by atoms with Crippen LogP contribution < -0.4 is 4.74 Å². The third kappa shape index (κ3) is 3.95. The lowest BCUT2D eigenvalue weighted by Gasteiger charge is -2.18. The van der Waals surface area contributed by atoms with Crippen molar-refractivity contribution in [2.24, 2.45) is 0 Å². The molecular weight excluding hydrogens is 364 g/mol. The van der Waals surface area contributed by atoms with Gasteiger partial charge in [-0.1, -0.05) is 29.3 Å². The van der Waals surface area contributed by atoms with Crippen molar-refractivity contribution in [1.82, 2.24) is 4.31 Å². The zero-order chi connectivity index (χ0) is 17.2. The average molecular weight is 378 g/mol. The summed E-state index contributed by atoms with van der Waals surface area (Å²) >= 11 is 11.7. The first-order valence-electron chi connectivity index (χ1n) is 6.49. The summed E-state index contributed by atoms with van der Waals surface area (Å²) in [6.07, 6.45) is 0. The molecule has 0 N–H and O–H groups in total. The first-order chi connectivity index (χ1) is 10.8. The molecule has 0 amide bonds. The number of hydrogen-bond donors (Lipinski definition) is 0. The number of methoxy groups -OCH3 is 1. The fourth-order valence-electron chi connectivity index (χ4n) is 1.97. The van der Waals surface area contributed by atoms with Gasteiger partial charge in [0.15, 0.2) is 11.6 Å². The average Bonchev–Trinajstić information content (AvgIpc) is 2.50. The number of halogens is 3. The van der Waals surface area contributed by atoms with Crippen LogP contribution in [-0.2, 0) is 16.6 Å². The molecule has 2 aromatic rings. The third-order valence-electron chi connectivity index (χ3n) is 3.22. The summed E-state index contributed by atoms with van der Waals surface area (Å²) < 4.78 is 44.7. The predicted octanol–water partition coefficient (Wildman–Crippen LogP) is 3.96. The molecule has 23 heavy (non-hydrogen) atoms. The number of hydrogen-bond acceptors (Lipinski definition) is 3. The van der Waals surface area contributed by atoms with E-state index in [1.54, 1.807) is 6.07 Å². The quantitative estimate of drug-likeness (QED) is 0.791. The third-order valence-corrected chi connectivity index (χ3v) is 5.76. The minimum atomic E-state index is -3.77. The molecule has 2 rings (SSSR count). The van der Waals surface area contributed by atoms with E-state index in [1.807, 2.05) is 0 Å². The van der Waals surface area contributed by atoms with E-state index in [0.717, 1.165) is 4.31 Å². The Balaban J connectivity index is 2.26. The standard InChI is InChI=1S/C15H14Cl2FNO3S/c1-19(9-10-3-6-15(22-2)14(18)7-10)23(20,21)11-4-5-12(16)13(17)8-11/h3-8H,9H2,1-2H3. The fourth-order valence-corrected chi connectivity index (χ4v) is 3.52. The van der Waals surface area contributed by atoms with Gasteiger partial charge >= 0.3 is 0 Å². The van der Waals surface area contributed by atoms with Crippen molar-refractivity contribution >= 4 is 33.2 Å². The summed E-state index contributed by atoms with van der Waals surface area (Å²) in [5, 5.41) is 0.419. The largest absolute Gasteiger partial charge is 0.494 e. The number of benzene rings is 2. The van der Waals surface area contributed by atoms with Gasteiger partial charge in [0.2, 0.25) is 10.0 Å². The Morgan fingerprint density at radius 1 is 1.13 bits per heavy atom. The van der Waals surface area contributed by atoms with Crippen LogP contribution in [0.3, 0.4) is 0 Å². The summed E-state index contributed by atoms with van der Waals surface area (Å²) in [6.45, 7) is 0.00347. The molecular formula is C15H14Cl2FNO3S. The highest BCUT2D eigenvalue weighted by Gasteiger charge is 2.22. The Morgan fingerprint density at radius 3 is 2.39 bits per heavy atom. The number of sulfonamides is 1. The second-order valence-electron chi connectivity index (χ2n) is 4.81. The summed E-state index contributed by atoms with van der Waals surface area (Å²) in [5.41, 5.74) is 0.495. The van der Waals surface area contributed by atoms with Gasteiger partial charge in [0, 0.05) is 13.6 Å². The second kappa shape index (κ2) is 7.05. The highest BCUT2D eigenvalue weighted by molar-refractivity contribution is 7.89. The van der Waals surface area contributed by atoms with E-state index in [2.05, 4.69) is 0 Å². The lowest BCUT2D eigenvalue weighted by molar-refractivity contribution is 0.385. The summed E-state index contributed by atoms with van der Waals surface area (Å²) in [4.78, 5) is 0.0170. The van der Waals surface area contributed by atoms with E-state index in [0.29, 0.717) is 5.56 Å². The smallest absolute Gasteiger partial charge is 0.243 e. The van der Waals surface area contributed by atoms with Crippen LogP contribution in [0, 0.1) is 5.82 Å². The van der Waals surface area contributed by atoms with Crippen molar-refractivity contribution in [2.45, 2.75) is 11.4 Å². The van der Waals surface area contributed by atoms with Crippen LogP contribution >= 0.6 is 23.2 Å². The Kier molecular flexibility index (Phi) is 5.52. The van der Waals surface area contributed by atoms with Crippen molar-refractivity contribution in [1.29, 1.82) is 0 Å². The van der Waals surface area contributed by atoms with E-state index < -0.39 is 15.8 Å². The lowest BCUT2D eigenvalue weighted by atomic mass is 10.2. The molecule has 0 unspecified atom stereocenters. The molecule has 0 heterocycles. The van der Waals surface area contributed by atoms with Crippen LogP contribution in [0.1, 0.15) is 5.56 Å². The van der Waals surface area contributed by atoms with Crippen LogP contribution in [0.4, 0.5) is 4.39 Å². The predicted molar refractivity (Wildman–Crippen MR) is 88.1 cm³/mol. The Labute approximate surface area is 144 Å². The van der Waals surface area contributed by atoms with Crippen LogP contribution in [0.2, 0.25) is 10.0 Å². The van der Waals surface area contributed by atoms with Crippen molar-refractivity contribution in [2.75, 3.05) is 14.2 Å². The first kappa shape index (κ1) is 18.0. The zero-order valence-corrected chi connectivity index (χ0v) is 14.7. The molecule has 0 spiro atoms. The zero-order valence-electron chi connectivity index (χ0n) is 12.4. The number of rotatable bonds is 5. The Hall–Kier alpha value is -1.34. The molecule has 0 atom stereocenters. The van der Waals surface area contributed by atoms with E-state index in [9.17, 15) is 12.8 Å². The maximum absolute atomic E-state index is 13.7. The molecule has 0 saturated heterocycles. The van der Waals surface area contributed by atoms with Crippen molar-refractivity contribution < 1.29 is 17.5 Å². The molecule has 2 aromatic carbocycles. The number of ether oxygens (including phenoxy) is 1. The monoisotopic (exact) mass is 377 g/mol. The highest BCUT2D eigenvalue weighted by atomic mass is 35.5. The molecule has 124 valence electrons. The van der Waals surface area contributed by atoms with Crippen LogP contribution in [-0.4, -0.2) is 26.9 Å². The summed E-state index contributed by atoms with van der Waals surface area (Å²) in [6, 6.07) is 8.35. The molecule has 0 saturated carbocycles. The number of nitrogens with zero attached hydrogens (tertiary/aromatic N) is 1. The minimum absolute atomic E-state index is 0.00347. The van der Waals surface area contributed by atoms with E-state index in [4.69, 9.17) is 27.9 Å². The van der Waals surface area contributed by atoms with Gasteiger partial charge in [-0.3, -0.25) is 0 Å². The lowest BCUT2D eigenvalue weighted by Crippen LogP contribution is -2.26. The van der Waals surface area contributed by atoms with Gasteiger partial charge in [0.05, 0.1) is 22.1 Å². The second-order valence-corrected chi connectivity index (χ2v) is 7.67. The van der Waals surface area contributed by atoms with Crippen molar-refractivity contribution in [3.63, 3.8) is 0 Å². The van der Waals surface area contributed by atoms with Gasteiger partial charge < -0.3 is 4.74 Å². The van der Waals surface area contributed by atoms with Crippen LogP contribution in [0.25, 0.3) is 0 Å². The molecule has 0 aromatic heterocycles. The SMILES string of the molecule is COc1ccc(CN(C)S(=O)(=O)c2ccc(Cl)c(Cl)c2)cc1F. The van der Waals surface area contributed by atoms with E-state index in [-0.39, 0.29) is 27.2 Å². The maximum atomic E-state index is 13.7. The fraction of sp³-hybridized carbons (Fsp3) is 0.200. The highest BCUT2D eigenvalue weighted by Crippen LogP contribution is 2.27. The van der Waals surface area contributed by atoms with Gasteiger partial charge in [-0.25, -0.2) is 12.8 Å². The minimum Gasteiger partial charge on any atom is -0.494 e. The first-order valence-corrected chi connectivity index (χ1v) is 8.69. The molecule has 0 aliphatic heterocycles. The van der Waals surface area contributed by atoms with Crippen LogP contribution in [0.5, 0.6) is 5.75 Å². The topological polar surface area (TPSA) is 46.6 Å². The molecule has 0 aliphatic carbocycles.